The normalized spacial score (nSPS) is 19.6. The van der Waals surface area contributed by atoms with E-state index in [1.165, 1.54) is 6.07 Å². The van der Waals surface area contributed by atoms with Gasteiger partial charge in [0.15, 0.2) is 11.5 Å². The van der Waals surface area contributed by atoms with Crippen LogP contribution in [0, 0.1) is 6.92 Å². The van der Waals surface area contributed by atoms with Crippen LogP contribution in [0.25, 0.3) is 0 Å². The molecule has 2 N–H and O–H groups in total. The van der Waals surface area contributed by atoms with Gasteiger partial charge in [-0.3, -0.25) is 14.6 Å². The second kappa shape index (κ2) is 7.30. The molecule has 0 bridgehead atoms. The van der Waals surface area contributed by atoms with Gasteiger partial charge in [0.2, 0.25) is 12.1 Å². The van der Waals surface area contributed by atoms with Crippen LogP contribution in [0.5, 0.6) is 11.5 Å². The minimum Gasteiger partial charge on any atom is -0.485 e. The van der Waals surface area contributed by atoms with Crippen LogP contribution >= 0.6 is 0 Å². The molecule has 2 aromatic rings. The van der Waals surface area contributed by atoms with Crippen molar-refractivity contribution in [3.05, 3.63) is 46.4 Å². The molecule has 0 radical (unpaired) electrons. The molecule has 1 aromatic heterocycles. The van der Waals surface area contributed by atoms with Gasteiger partial charge in [0.05, 0.1) is 0 Å². The molecule has 1 atom stereocenters. The SMILES string of the molecule is Cc1cc(=O)[nH]c(N2CCC(NC(=O)[C@H]3COc4ccccc4O3)CC2)n1. The van der Waals surface area contributed by atoms with Crippen molar-refractivity contribution < 1.29 is 14.3 Å². The van der Waals surface area contributed by atoms with Crippen LogP contribution in [-0.4, -0.2) is 47.7 Å². The topological polar surface area (TPSA) is 96.6 Å². The second-order valence-corrected chi connectivity index (χ2v) is 6.84. The third kappa shape index (κ3) is 3.89. The number of aryl methyl sites for hydroxylation is 1. The van der Waals surface area contributed by atoms with Crippen molar-refractivity contribution in [2.75, 3.05) is 24.6 Å². The Morgan fingerprint density at radius 2 is 2.00 bits per heavy atom. The van der Waals surface area contributed by atoms with Crippen molar-refractivity contribution in [2.45, 2.75) is 31.9 Å². The lowest BCUT2D eigenvalue weighted by Gasteiger charge is -2.34. The third-order valence-corrected chi connectivity index (χ3v) is 4.80. The second-order valence-electron chi connectivity index (χ2n) is 6.84. The molecule has 27 heavy (non-hydrogen) atoms. The molecule has 3 heterocycles. The number of anilines is 1. The summed E-state index contributed by atoms with van der Waals surface area (Å²) >= 11 is 0. The van der Waals surface area contributed by atoms with Gasteiger partial charge in [-0.15, -0.1) is 0 Å². The fourth-order valence-corrected chi connectivity index (χ4v) is 3.39. The van der Waals surface area contributed by atoms with Crippen molar-refractivity contribution >= 4 is 11.9 Å². The molecular weight excluding hydrogens is 348 g/mol. The highest BCUT2D eigenvalue weighted by molar-refractivity contribution is 5.82. The van der Waals surface area contributed by atoms with E-state index in [2.05, 4.69) is 15.3 Å². The number of aromatic amines is 1. The zero-order valence-electron chi connectivity index (χ0n) is 15.1. The smallest absolute Gasteiger partial charge is 0.264 e. The first-order valence-corrected chi connectivity index (χ1v) is 9.10. The monoisotopic (exact) mass is 370 g/mol. The molecule has 1 aromatic carbocycles. The van der Waals surface area contributed by atoms with Crippen molar-refractivity contribution in [3.8, 4) is 11.5 Å². The molecule has 1 amide bonds. The Morgan fingerprint density at radius 1 is 1.26 bits per heavy atom. The fourth-order valence-electron chi connectivity index (χ4n) is 3.39. The van der Waals surface area contributed by atoms with E-state index < -0.39 is 6.10 Å². The van der Waals surface area contributed by atoms with Crippen LogP contribution in [0.4, 0.5) is 5.95 Å². The van der Waals surface area contributed by atoms with Crippen LogP contribution in [0.3, 0.4) is 0 Å². The zero-order valence-corrected chi connectivity index (χ0v) is 15.1. The maximum atomic E-state index is 12.5. The number of nitrogens with zero attached hydrogens (tertiary/aromatic N) is 2. The number of para-hydroxylation sites is 2. The Balaban J connectivity index is 1.31. The summed E-state index contributed by atoms with van der Waals surface area (Å²) in [4.78, 5) is 33.3. The van der Waals surface area contributed by atoms with Crippen LogP contribution in [0.1, 0.15) is 18.5 Å². The number of nitrogens with one attached hydrogen (secondary N) is 2. The van der Waals surface area contributed by atoms with Gasteiger partial charge >= 0.3 is 0 Å². The van der Waals surface area contributed by atoms with Crippen molar-refractivity contribution in [1.29, 1.82) is 0 Å². The Kier molecular flexibility index (Phi) is 4.70. The molecule has 2 aliphatic rings. The average molecular weight is 370 g/mol. The predicted molar refractivity (Wildman–Crippen MR) is 99.3 cm³/mol. The maximum absolute atomic E-state index is 12.5. The standard InChI is InChI=1S/C19H22N4O4/c1-12-10-17(24)22-19(20-12)23-8-6-13(7-9-23)21-18(25)16-11-26-14-4-2-3-5-15(14)27-16/h2-5,10,13,16H,6-9,11H2,1H3,(H,21,25)(H,20,22,24)/t16-/m1/s1. The van der Waals surface area contributed by atoms with Crippen molar-refractivity contribution in [1.82, 2.24) is 15.3 Å². The molecule has 1 saturated heterocycles. The summed E-state index contributed by atoms with van der Waals surface area (Å²) in [7, 11) is 0. The van der Waals surface area contributed by atoms with Gasteiger partial charge in [-0.05, 0) is 31.9 Å². The highest BCUT2D eigenvalue weighted by Crippen LogP contribution is 2.31. The van der Waals surface area contributed by atoms with Crippen LogP contribution in [-0.2, 0) is 4.79 Å². The van der Waals surface area contributed by atoms with Crippen LogP contribution < -0.4 is 25.2 Å². The Morgan fingerprint density at radius 3 is 2.74 bits per heavy atom. The molecule has 1 fully saturated rings. The van der Waals surface area contributed by atoms with E-state index in [1.54, 1.807) is 13.0 Å². The van der Waals surface area contributed by atoms with Gasteiger partial charge in [-0.2, -0.15) is 0 Å². The average Bonchev–Trinajstić information content (AvgIpc) is 2.67. The van der Waals surface area contributed by atoms with E-state index in [4.69, 9.17) is 9.47 Å². The first-order valence-electron chi connectivity index (χ1n) is 9.10. The molecular formula is C19H22N4O4. The van der Waals surface area contributed by atoms with Gasteiger partial charge < -0.3 is 19.7 Å². The highest BCUT2D eigenvalue weighted by Gasteiger charge is 2.30. The minimum atomic E-state index is -0.646. The Hall–Kier alpha value is -3.03. The summed E-state index contributed by atoms with van der Waals surface area (Å²) < 4.78 is 11.4. The number of carbonyl (C=O) groups is 1. The number of fused-ring (bicyclic) bond motifs is 1. The molecule has 4 rings (SSSR count). The lowest BCUT2D eigenvalue weighted by Crippen LogP contribution is -2.51. The number of H-pyrrole nitrogens is 1. The van der Waals surface area contributed by atoms with Crippen molar-refractivity contribution in [2.24, 2.45) is 0 Å². The number of hydrogen-bond acceptors (Lipinski definition) is 6. The van der Waals surface area contributed by atoms with E-state index in [0.29, 0.717) is 36.2 Å². The molecule has 0 unspecified atom stereocenters. The molecule has 8 nitrogen and oxygen atoms in total. The minimum absolute atomic E-state index is 0.0612. The number of carbonyl (C=O) groups excluding carboxylic acids is 1. The van der Waals surface area contributed by atoms with E-state index in [0.717, 1.165) is 12.8 Å². The van der Waals surface area contributed by atoms with Gasteiger partial charge in [-0.25, -0.2) is 4.98 Å². The lowest BCUT2D eigenvalue weighted by atomic mass is 10.0. The number of aromatic nitrogens is 2. The molecule has 8 heteroatoms. The maximum Gasteiger partial charge on any atom is 0.264 e. The number of benzene rings is 1. The summed E-state index contributed by atoms with van der Waals surface area (Å²) in [6.45, 7) is 3.43. The summed E-state index contributed by atoms with van der Waals surface area (Å²) in [6.07, 6.45) is 0.897. The fraction of sp³-hybridized carbons (Fsp3) is 0.421. The number of rotatable bonds is 3. The predicted octanol–water partition coefficient (Wildman–Crippen LogP) is 1.00. The largest absolute Gasteiger partial charge is 0.485 e. The Labute approximate surface area is 156 Å². The van der Waals surface area contributed by atoms with Gasteiger partial charge in [0.25, 0.3) is 11.5 Å². The summed E-state index contributed by atoms with van der Waals surface area (Å²) in [5.74, 6) is 1.68. The van der Waals surface area contributed by atoms with E-state index >= 15 is 0 Å². The first kappa shape index (κ1) is 17.4. The van der Waals surface area contributed by atoms with Crippen molar-refractivity contribution in [3.63, 3.8) is 0 Å². The zero-order chi connectivity index (χ0) is 18.8. The molecule has 0 spiro atoms. The lowest BCUT2D eigenvalue weighted by molar-refractivity contribution is -0.131. The van der Waals surface area contributed by atoms with E-state index in [1.807, 2.05) is 23.1 Å². The molecule has 142 valence electrons. The summed E-state index contributed by atoms with van der Waals surface area (Å²) in [5, 5.41) is 3.05. The molecule has 0 aliphatic carbocycles. The third-order valence-electron chi connectivity index (χ3n) is 4.80. The van der Waals surface area contributed by atoms with Crippen LogP contribution in [0.2, 0.25) is 0 Å². The van der Waals surface area contributed by atoms with Crippen LogP contribution in [0.15, 0.2) is 35.1 Å². The van der Waals surface area contributed by atoms with Gasteiger partial charge in [0.1, 0.15) is 6.61 Å². The molecule has 2 aliphatic heterocycles. The highest BCUT2D eigenvalue weighted by atomic mass is 16.6. The summed E-state index contributed by atoms with van der Waals surface area (Å²) in [5.41, 5.74) is 0.543. The van der Waals surface area contributed by atoms with Gasteiger partial charge in [-0.1, -0.05) is 12.1 Å². The quantitative estimate of drug-likeness (QED) is 0.837. The number of ether oxygens (including phenoxy) is 2. The summed E-state index contributed by atoms with van der Waals surface area (Å²) in [6, 6.07) is 8.87. The molecule has 0 saturated carbocycles. The number of piperidine rings is 1. The number of amides is 1. The van der Waals surface area contributed by atoms with Gasteiger partial charge in [0, 0.05) is 30.9 Å². The Bertz CT molecular complexity index is 889. The first-order chi connectivity index (χ1) is 13.1. The van der Waals surface area contributed by atoms with E-state index in [9.17, 15) is 9.59 Å². The number of hydrogen-bond donors (Lipinski definition) is 2. The van der Waals surface area contributed by atoms with E-state index in [-0.39, 0.29) is 24.1 Å².